The number of nitrogens with one attached hydrogen (secondary N) is 1. The standard InChI is InChI=1S/C24H20BrN3O3/c1-31-24(30)26-20-13-9-16(10-14-20)21-15-22(17-5-3-2-4-6-17)28(27-21)23(29)18-7-11-19(25)12-8-18/h2-14,22H,15H2,1H3,(H,26,30). The van der Waals surface area contributed by atoms with Crippen molar-refractivity contribution >= 4 is 39.3 Å². The molecule has 0 aromatic heterocycles. The van der Waals surface area contributed by atoms with Crippen LogP contribution in [0, 0.1) is 0 Å². The van der Waals surface area contributed by atoms with Gasteiger partial charge in [0.15, 0.2) is 0 Å². The van der Waals surface area contributed by atoms with Gasteiger partial charge in [0.25, 0.3) is 5.91 Å². The van der Waals surface area contributed by atoms with E-state index >= 15 is 0 Å². The van der Waals surface area contributed by atoms with E-state index in [1.54, 1.807) is 29.3 Å². The zero-order valence-electron chi connectivity index (χ0n) is 16.8. The first kappa shape index (κ1) is 20.8. The van der Waals surface area contributed by atoms with Crippen LogP contribution < -0.4 is 5.32 Å². The third-order valence-corrected chi connectivity index (χ3v) is 5.57. The number of hydrazone groups is 1. The molecule has 0 radical (unpaired) electrons. The predicted octanol–water partition coefficient (Wildman–Crippen LogP) is 5.62. The summed E-state index contributed by atoms with van der Waals surface area (Å²) in [7, 11) is 1.32. The number of methoxy groups -OCH3 is 1. The van der Waals surface area contributed by atoms with E-state index in [-0.39, 0.29) is 11.9 Å². The number of hydrogen-bond acceptors (Lipinski definition) is 4. The van der Waals surface area contributed by atoms with Crippen LogP contribution in [-0.2, 0) is 4.74 Å². The smallest absolute Gasteiger partial charge is 0.411 e. The summed E-state index contributed by atoms with van der Waals surface area (Å²) in [6.45, 7) is 0. The van der Waals surface area contributed by atoms with E-state index in [2.05, 4.69) is 26.0 Å². The molecule has 1 unspecified atom stereocenters. The van der Waals surface area contributed by atoms with Crippen LogP contribution >= 0.6 is 15.9 Å². The van der Waals surface area contributed by atoms with Crippen LogP contribution in [0.5, 0.6) is 0 Å². The van der Waals surface area contributed by atoms with Crippen LogP contribution in [0.3, 0.4) is 0 Å². The molecule has 1 heterocycles. The Hall–Kier alpha value is -3.45. The van der Waals surface area contributed by atoms with Crippen LogP contribution in [0.2, 0.25) is 0 Å². The molecule has 0 fully saturated rings. The Bertz CT molecular complexity index is 1110. The van der Waals surface area contributed by atoms with E-state index in [0.29, 0.717) is 17.7 Å². The minimum Gasteiger partial charge on any atom is -0.453 e. The number of amides is 2. The first-order chi connectivity index (χ1) is 15.0. The second-order valence-electron chi connectivity index (χ2n) is 7.03. The number of nitrogens with zero attached hydrogens (tertiary/aromatic N) is 2. The number of ether oxygens (including phenoxy) is 1. The molecule has 0 saturated carbocycles. The average molecular weight is 478 g/mol. The number of anilines is 1. The summed E-state index contributed by atoms with van der Waals surface area (Å²) in [5.41, 5.74) is 3.92. The van der Waals surface area contributed by atoms with Gasteiger partial charge in [-0.1, -0.05) is 58.4 Å². The fourth-order valence-corrected chi connectivity index (χ4v) is 3.71. The Kier molecular flexibility index (Phi) is 6.13. The maximum Gasteiger partial charge on any atom is 0.411 e. The number of benzene rings is 3. The van der Waals surface area contributed by atoms with Gasteiger partial charge in [0.1, 0.15) is 0 Å². The molecule has 1 atom stereocenters. The topological polar surface area (TPSA) is 71.0 Å². The fourth-order valence-electron chi connectivity index (χ4n) is 3.45. The maximum absolute atomic E-state index is 13.3. The quantitative estimate of drug-likeness (QED) is 0.529. The summed E-state index contributed by atoms with van der Waals surface area (Å²) < 4.78 is 5.53. The third kappa shape index (κ3) is 4.67. The predicted molar refractivity (Wildman–Crippen MR) is 123 cm³/mol. The lowest BCUT2D eigenvalue weighted by molar-refractivity contribution is 0.0711. The van der Waals surface area contributed by atoms with E-state index < -0.39 is 6.09 Å². The molecule has 31 heavy (non-hydrogen) atoms. The fraction of sp³-hybridized carbons (Fsp3) is 0.125. The zero-order chi connectivity index (χ0) is 21.8. The molecular formula is C24H20BrN3O3. The van der Waals surface area contributed by atoms with E-state index in [1.165, 1.54) is 7.11 Å². The monoisotopic (exact) mass is 477 g/mol. The van der Waals surface area contributed by atoms with Crippen molar-refractivity contribution in [2.75, 3.05) is 12.4 Å². The van der Waals surface area contributed by atoms with Gasteiger partial charge in [-0.2, -0.15) is 5.10 Å². The van der Waals surface area contributed by atoms with Crippen molar-refractivity contribution in [2.24, 2.45) is 5.10 Å². The molecule has 2 amide bonds. The highest BCUT2D eigenvalue weighted by molar-refractivity contribution is 9.10. The molecule has 4 rings (SSSR count). The molecule has 1 N–H and O–H groups in total. The summed E-state index contributed by atoms with van der Waals surface area (Å²) in [6.07, 6.45) is 0.0668. The molecule has 7 heteroatoms. The molecular weight excluding hydrogens is 458 g/mol. The van der Waals surface area contributed by atoms with Crippen LogP contribution in [-0.4, -0.2) is 29.8 Å². The van der Waals surface area contributed by atoms with Gasteiger partial charge in [0.05, 0.1) is 18.9 Å². The maximum atomic E-state index is 13.3. The van der Waals surface area contributed by atoms with Crippen LogP contribution in [0.1, 0.15) is 33.9 Å². The third-order valence-electron chi connectivity index (χ3n) is 5.04. The van der Waals surface area contributed by atoms with Gasteiger partial charge in [-0.3, -0.25) is 10.1 Å². The van der Waals surface area contributed by atoms with Gasteiger partial charge in [0, 0.05) is 22.1 Å². The molecule has 0 saturated heterocycles. The van der Waals surface area contributed by atoms with Crippen LogP contribution in [0.4, 0.5) is 10.5 Å². The second-order valence-corrected chi connectivity index (χ2v) is 7.94. The molecule has 0 aliphatic carbocycles. The van der Waals surface area contributed by atoms with Crippen molar-refractivity contribution in [3.05, 3.63) is 100 Å². The van der Waals surface area contributed by atoms with Crippen molar-refractivity contribution in [1.82, 2.24) is 5.01 Å². The highest BCUT2D eigenvalue weighted by Gasteiger charge is 2.33. The summed E-state index contributed by atoms with van der Waals surface area (Å²) in [6, 6.07) is 24.3. The van der Waals surface area contributed by atoms with Crippen molar-refractivity contribution < 1.29 is 14.3 Å². The van der Waals surface area contributed by atoms with Crippen molar-refractivity contribution in [3.63, 3.8) is 0 Å². The molecule has 1 aliphatic heterocycles. The van der Waals surface area contributed by atoms with Crippen molar-refractivity contribution in [2.45, 2.75) is 12.5 Å². The highest BCUT2D eigenvalue weighted by Crippen LogP contribution is 2.34. The lowest BCUT2D eigenvalue weighted by atomic mass is 9.98. The molecule has 1 aliphatic rings. The van der Waals surface area contributed by atoms with Gasteiger partial charge in [-0.15, -0.1) is 0 Å². The average Bonchev–Trinajstić information content (AvgIpc) is 3.25. The summed E-state index contributed by atoms with van der Waals surface area (Å²) >= 11 is 3.41. The molecule has 0 spiro atoms. The van der Waals surface area contributed by atoms with E-state index in [1.807, 2.05) is 54.6 Å². The van der Waals surface area contributed by atoms with Gasteiger partial charge in [-0.25, -0.2) is 9.80 Å². The number of carbonyl (C=O) groups is 2. The Labute approximate surface area is 188 Å². The first-order valence-electron chi connectivity index (χ1n) is 9.72. The molecule has 156 valence electrons. The zero-order valence-corrected chi connectivity index (χ0v) is 18.4. The van der Waals surface area contributed by atoms with E-state index in [9.17, 15) is 9.59 Å². The Balaban J connectivity index is 1.64. The van der Waals surface area contributed by atoms with Crippen LogP contribution in [0.25, 0.3) is 0 Å². The molecule has 3 aromatic rings. The normalized spacial score (nSPS) is 15.4. The van der Waals surface area contributed by atoms with Gasteiger partial charge in [0.2, 0.25) is 0 Å². The minimum absolute atomic E-state index is 0.152. The van der Waals surface area contributed by atoms with Crippen molar-refractivity contribution in [1.29, 1.82) is 0 Å². The summed E-state index contributed by atoms with van der Waals surface area (Å²) in [5, 5.41) is 8.89. The lowest BCUT2D eigenvalue weighted by Gasteiger charge is -2.22. The Morgan fingerprint density at radius 2 is 1.68 bits per heavy atom. The van der Waals surface area contributed by atoms with Gasteiger partial charge in [-0.05, 0) is 47.5 Å². The Morgan fingerprint density at radius 3 is 2.32 bits per heavy atom. The number of halogens is 1. The molecule has 0 bridgehead atoms. The number of carbonyl (C=O) groups excluding carboxylic acids is 2. The number of rotatable bonds is 4. The Morgan fingerprint density at radius 1 is 1.00 bits per heavy atom. The first-order valence-corrected chi connectivity index (χ1v) is 10.5. The highest BCUT2D eigenvalue weighted by atomic mass is 79.9. The molecule has 6 nitrogen and oxygen atoms in total. The molecule has 3 aromatic carbocycles. The summed E-state index contributed by atoms with van der Waals surface area (Å²) in [5.74, 6) is -0.152. The van der Waals surface area contributed by atoms with Gasteiger partial charge >= 0.3 is 6.09 Å². The number of hydrogen-bond donors (Lipinski definition) is 1. The van der Waals surface area contributed by atoms with E-state index in [4.69, 9.17) is 5.10 Å². The van der Waals surface area contributed by atoms with Crippen molar-refractivity contribution in [3.8, 4) is 0 Å². The SMILES string of the molecule is COC(=O)Nc1ccc(C2=NN(C(=O)c3ccc(Br)cc3)C(c3ccccc3)C2)cc1. The lowest BCUT2D eigenvalue weighted by Crippen LogP contribution is -2.27. The second kappa shape index (κ2) is 9.14. The summed E-state index contributed by atoms with van der Waals surface area (Å²) in [4.78, 5) is 24.7. The van der Waals surface area contributed by atoms with Crippen LogP contribution in [0.15, 0.2) is 88.4 Å². The largest absolute Gasteiger partial charge is 0.453 e. The minimum atomic E-state index is -0.527. The van der Waals surface area contributed by atoms with Gasteiger partial charge < -0.3 is 4.74 Å². The van der Waals surface area contributed by atoms with E-state index in [0.717, 1.165) is 21.3 Å².